The predicted octanol–water partition coefficient (Wildman–Crippen LogP) is 2.90. The van der Waals surface area contributed by atoms with Crippen LogP contribution in [0.2, 0.25) is 0 Å². The van der Waals surface area contributed by atoms with E-state index in [0.29, 0.717) is 11.8 Å². The molecule has 3 heteroatoms. The van der Waals surface area contributed by atoms with Crippen LogP contribution in [0.15, 0.2) is 48.8 Å². The van der Waals surface area contributed by atoms with Gasteiger partial charge in [0.2, 0.25) is 0 Å². The van der Waals surface area contributed by atoms with E-state index in [9.17, 15) is 5.11 Å². The Morgan fingerprint density at radius 3 is 2.63 bits per heavy atom. The van der Waals surface area contributed by atoms with Gasteiger partial charge in [-0.2, -0.15) is 0 Å². The van der Waals surface area contributed by atoms with Crippen molar-refractivity contribution in [1.82, 2.24) is 10.3 Å². The summed E-state index contributed by atoms with van der Waals surface area (Å²) in [5.74, 6) is 0.325. The molecule has 1 aromatic heterocycles. The minimum Gasteiger partial charge on any atom is -0.508 e. The highest BCUT2D eigenvalue weighted by Gasteiger charge is 2.02. The maximum atomic E-state index is 9.23. The summed E-state index contributed by atoms with van der Waals surface area (Å²) in [7, 11) is 0. The number of phenolic OH excluding ortho intramolecular Hbond substituents is 1. The number of phenols is 1. The van der Waals surface area contributed by atoms with Gasteiger partial charge in [-0.1, -0.05) is 18.2 Å². The third kappa shape index (κ3) is 4.72. The Balaban J connectivity index is 1.72. The van der Waals surface area contributed by atoms with Crippen molar-refractivity contribution in [1.29, 1.82) is 0 Å². The zero-order chi connectivity index (χ0) is 13.5. The van der Waals surface area contributed by atoms with Crippen molar-refractivity contribution in [2.75, 3.05) is 0 Å². The summed E-state index contributed by atoms with van der Waals surface area (Å²) >= 11 is 0. The average Bonchev–Trinajstić information content (AvgIpc) is 2.45. The third-order valence-corrected chi connectivity index (χ3v) is 3.18. The number of aryl methyl sites for hydroxylation is 1. The van der Waals surface area contributed by atoms with Crippen LogP contribution < -0.4 is 5.32 Å². The van der Waals surface area contributed by atoms with Crippen molar-refractivity contribution in [2.24, 2.45) is 0 Å². The molecule has 1 unspecified atom stereocenters. The van der Waals surface area contributed by atoms with Crippen LogP contribution in [0, 0.1) is 0 Å². The summed E-state index contributed by atoms with van der Waals surface area (Å²) in [6.07, 6.45) is 5.77. The summed E-state index contributed by atoms with van der Waals surface area (Å²) in [6.45, 7) is 3.04. The number of nitrogens with zero attached hydrogens (tertiary/aromatic N) is 1. The van der Waals surface area contributed by atoms with E-state index in [4.69, 9.17) is 0 Å². The lowest BCUT2D eigenvalue weighted by atomic mass is 10.1. The standard InChI is InChI=1S/C16H20N2O/c1-13(18-12-15-3-2-10-17-11-15)4-5-14-6-8-16(19)9-7-14/h2-3,6-11,13,18-19H,4-5,12H2,1H3. The maximum Gasteiger partial charge on any atom is 0.115 e. The Kier molecular flexibility index (Phi) is 4.93. The lowest BCUT2D eigenvalue weighted by Gasteiger charge is -2.13. The summed E-state index contributed by atoms with van der Waals surface area (Å²) in [5.41, 5.74) is 2.46. The molecule has 0 fully saturated rings. The Morgan fingerprint density at radius 1 is 1.16 bits per heavy atom. The number of rotatable bonds is 6. The molecule has 2 N–H and O–H groups in total. The van der Waals surface area contributed by atoms with Gasteiger partial charge in [-0.05, 0) is 49.1 Å². The molecule has 1 aromatic carbocycles. The van der Waals surface area contributed by atoms with Gasteiger partial charge in [0.1, 0.15) is 5.75 Å². The highest BCUT2D eigenvalue weighted by Crippen LogP contribution is 2.12. The molecule has 0 aliphatic rings. The average molecular weight is 256 g/mol. The van der Waals surface area contributed by atoms with Gasteiger partial charge in [-0.15, -0.1) is 0 Å². The number of aromatic hydroxyl groups is 1. The molecular weight excluding hydrogens is 236 g/mol. The van der Waals surface area contributed by atoms with Crippen LogP contribution in [0.4, 0.5) is 0 Å². The molecule has 0 saturated carbocycles. The molecule has 2 rings (SSSR count). The predicted molar refractivity (Wildman–Crippen MR) is 77.0 cm³/mol. The number of pyridine rings is 1. The molecule has 3 nitrogen and oxygen atoms in total. The van der Waals surface area contributed by atoms with E-state index in [1.54, 1.807) is 18.3 Å². The summed E-state index contributed by atoms with van der Waals surface area (Å²) in [6, 6.07) is 11.9. The van der Waals surface area contributed by atoms with Crippen LogP contribution in [0.3, 0.4) is 0 Å². The van der Waals surface area contributed by atoms with Crippen molar-refractivity contribution in [3.63, 3.8) is 0 Å². The molecule has 0 bridgehead atoms. The van der Waals surface area contributed by atoms with E-state index in [1.165, 1.54) is 11.1 Å². The molecule has 0 aliphatic carbocycles. The lowest BCUT2D eigenvalue weighted by Crippen LogP contribution is -2.25. The van der Waals surface area contributed by atoms with Crippen LogP contribution in [0.1, 0.15) is 24.5 Å². The van der Waals surface area contributed by atoms with E-state index in [2.05, 4.69) is 23.3 Å². The quantitative estimate of drug-likeness (QED) is 0.835. The number of nitrogens with one attached hydrogen (secondary N) is 1. The van der Waals surface area contributed by atoms with Gasteiger partial charge >= 0.3 is 0 Å². The molecule has 1 atom stereocenters. The van der Waals surface area contributed by atoms with Crippen LogP contribution in [-0.2, 0) is 13.0 Å². The molecule has 0 saturated heterocycles. The monoisotopic (exact) mass is 256 g/mol. The molecule has 0 radical (unpaired) electrons. The minimum absolute atomic E-state index is 0.325. The van der Waals surface area contributed by atoms with E-state index >= 15 is 0 Å². The molecule has 1 heterocycles. The van der Waals surface area contributed by atoms with Crippen LogP contribution >= 0.6 is 0 Å². The van der Waals surface area contributed by atoms with E-state index < -0.39 is 0 Å². The van der Waals surface area contributed by atoms with Gasteiger partial charge in [-0.25, -0.2) is 0 Å². The van der Waals surface area contributed by atoms with Crippen molar-refractivity contribution in [3.05, 3.63) is 59.9 Å². The van der Waals surface area contributed by atoms with Gasteiger partial charge in [0, 0.05) is 25.0 Å². The molecule has 100 valence electrons. The maximum absolute atomic E-state index is 9.23. The van der Waals surface area contributed by atoms with E-state index in [0.717, 1.165) is 19.4 Å². The number of hydrogen-bond acceptors (Lipinski definition) is 3. The first-order valence-electron chi connectivity index (χ1n) is 6.64. The fraction of sp³-hybridized carbons (Fsp3) is 0.312. The molecule has 2 aromatic rings. The zero-order valence-electron chi connectivity index (χ0n) is 11.2. The highest BCUT2D eigenvalue weighted by molar-refractivity contribution is 5.25. The molecule has 19 heavy (non-hydrogen) atoms. The summed E-state index contributed by atoms with van der Waals surface area (Å²) in [5, 5.41) is 12.7. The Bertz CT molecular complexity index is 482. The van der Waals surface area contributed by atoms with Crippen molar-refractivity contribution in [3.8, 4) is 5.75 Å². The molecular formula is C16H20N2O. The van der Waals surface area contributed by atoms with Crippen molar-refractivity contribution < 1.29 is 5.11 Å². The number of aromatic nitrogens is 1. The smallest absolute Gasteiger partial charge is 0.115 e. The largest absolute Gasteiger partial charge is 0.508 e. The van der Waals surface area contributed by atoms with Crippen LogP contribution in [0.25, 0.3) is 0 Å². The first-order chi connectivity index (χ1) is 9.24. The van der Waals surface area contributed by atoms with Gasteiger partial charge in [0.25, 0.3) is 0 Å². The lowest BCUT2D eigenvalue weighted by molar-refractivity contribution is 0.474. The van der Waals surface area contributed by atoms with Crippen LogP contribution in [-0.4, -0.2) is 16.1 Å². The number of hydrogen-bond donors (Lipinski definition) is 2. The fourth-order valence-corrected chi connectivity index (χ4v) is 1.94. The Morgan fingerprint density at radius 2 is 1.95 bits per heavy atom. The SMILES string of the molecule is CC(CCc1ccc(O)cc1)NCc1cccnc1. The van der Waals surface area contributed by atoms with Gasteiger partial charge in [0.15, 0.2) is 0 Å². The molecule has 0 aliphatic heterocycles. The third-order valence-electron chi connectivity index (χ3n) is 3.18. The second-order valence-electron chi connectivity index (χ2n) is 4.85. The van der Waals surface area contributed by atoms with E-state index in [-0.39, 0.29) is 0 Å². The highest BCUT2D eigenvalue weighted by atomic mass is 16.3. The van der Waals surface area contributed by atoms with Crippen molar-refractivity contribution in [2.45, 2.75) is 32.4 Å². The first kappa shape index (κ1) is 13.6. The Labute approximate surface area is 114 Å². The normalized spacial score (nSPS) is 12.3. The Hall–Kier alpha value is -1.87. The minimum atomic E-state index is 0.325. The zero-order valence-corrected chi connectivity index (χ0v) is 11.2. The number of benzene rings is 1. The fourth-order valence-electron chi connectivity index (χ4n) is 1.94. The van der Waals surface area contributed by atoms with E-state index in [1.807, 2.05) is 24.4 Å². The summed E-state index contributed by atoms with van der Waals surface area (Å²) in [4.78, 5) is 4.10. The second kappa shape index (κ2) is 6.90. The van der Waals surface area contributed by atoms with Gasteiger partial charge in [0.05, 0.1) is 0 Å². The topological polar surface area (TPSA) is 45.1 Å². The first-order valence-corrected chi connectivity index (χ1v) is 6.64. The van der Waals surface area contributed by atoms with Gasteiger partial charge in [-0.3, -0.25) is 4.98 Å². The molecule has 0 spiro atoms. The van der Waals surface area contributed by atoms with Gasteiger partial charge < -0.3 is 10.4 Å². The summed E-state index contributed by atoms with van der Waals surface area (Å²) < 4.78 is 0. The second-order valence-corrected chi connectivity index (χ2v) is 4.85. The molecule has 0 amide bonds. The van der Waals surface area contributed by atoms with Crippen molar-refractivity contribution >= 4 is 0 Å². The van der Waals surface area contributed by atoms with Crippen LogP contribution in [0.5, 0.6) is 5.75 Å².